The van der Waals surface area contributed by atoms with Crippen molar-refractivity contribution < 1.29 is 19.3 Å². The highest BCUT2D eigenvalue weighted by Gasteiger charge is 2.24. The third-order valence-electron chi connectivity index (χ3n) is 3.65. The fraction of sp³-hybridized carbons (Fsp3) is 0.300. The maximum Gasteiger partial charge on any atom is 0.266 e. The lowest BCUT2D eigenvalue weighted by Crippen LogP contribution is -2.47. The summed E-state index contributed by atoms with van der Waals surface area (Å²) >= 11 is 0. The van der Waals surface area contributed by atoms with Crippen molar-refractivity contribution in [2.24, 2.45) is 0 Å². The number of amides is 2. The third-order valence-corrected chi connectivity index (χ3v) is 3.65. The van der Waals surface area contributed by atoms with E-state index in [4.69, 9.17) is 9.68 Å². The monoisotopic (exact) mass is 356 g/mol. The van der Waals surface area contributed by atoms with Crippen LogP contribution in [0.5, 0.6) is 0 Å². The molecule has 2 amide bonds. The van der Waals surface area contributed by atoms with E-state index in [1.807, 2.05) is 62.4 Å². The first-order chi connectivity index (χ1) is 12.4. The molecule has 0 saturated heterocycles. The van der Waals surface area contributed by atoms with E-state index in [1.165, 1.54) is 13.8 Å². The van der Waals surface area contributed by atoms with Gasteiger partial charge < -0.3 is 0 Å². The van der Waals surface area contributed by atoms with Gasteiger partial charge in [0.05, 0.1) is 0 Å². The molecule has 0 saturated carbocycles. The summed E-state index contributed by atoms with van der Waals surface area (Å²) in [6.07, 6.45) is 0. The van der Waals surface area contributed by atoms with Gasteiger partial charge in [-0.1, -0.05) is 70.0 Å². The second-order valence-electron chi connectivity index (χ2n) is 6.10. The third kappa shape index (κ3) is 5.68. The van der Waals surface area contributed by atoms with Crippen LogP contribution in [0.15, 0.2) is 48.5 Å². The molecule has 0 N–H and O–H groups in total. The molecule has 0 aromatic heterocycles. The smallest absolute Gasteiger partial charge is 0.266 e. The minimum Gasteiger partial charge on any atom is -0.271 e. The van der Waals surface area contributed by atoms with Gasteiger partial charge in [-0.2, -0.15) is 0 Å². The van der Waals surface area contributed by atoms with E-state index in [-0.39, 0.29) is 13.2 Å². The van der Waals surface area contributed by atoms with Crippen molar-refractivity contribution in [3.63, 3.8) is 0 Å². The highest BCUT2D eigenvalue weighted by atomic mass is 16.8. The van der Waals surface area contributed by atoms with Crippen LogP contribution in [0.4, 0.5) is 0 Å². The Morgan fingerprint density at radius 2 is 1.00 bits per heavy atom. The molecular weight excluding hydrogens is 332 g/mol. The van der Waals surface area contributed by atoms with Crippen LogP contribution in [0.2, 0.25) is 0 Å². The van der Waals surface area contributed by atoms with Gasteiger partial charge in [0.15, 0.2) is 0 Å². The van der Waals surface area contributed by atoms with Crippen LogP contribution in [-0.4, -0.2) is 22.2 Å². The quantitative estimate of drug-likeness (QED) is 0.744. The van der Waals surface area contributed by atoms with Crippen molar-refractivity contribution >= 4 is 11.8 Å². The molecule has 0 unspecified atom stereocenters. The van der Waals surface area contributed by atoms with E-state index in [1.54, 1.807) is 0 Å². The van der Waals surface area contributed by atoms with Crippen LogP contribution >= 0.6 is 0 Å². The molecule has 0 spiro atoms. The summed E-state index contributed by atoms with van der Waals surface area (Å²) in [5.74, 6) is -0.924. The minimum absolute atomic E-state index is 0.136. The number of benzene rings is 2. The van der Waals surface area contributed by atoms with Crippen molar-refractivity contribution in [3.05, 3.63) is 70.8 Å². The number of hydroxylamine groups is 2. The summed E-state index contributed by atoms with van der Waals surface area (Å²) in [5, 5.41) is 1.69. The molecule has 0 aliphatic rings. The van der Waals surface area contributed by atoms with E-state index < -0.39 is 11.8 Å². The molecule has 0 aliphatic heterocycles. The molecule has 6 heteroatoms. The fourth-order valence-corrected chi connectivity index (χ4v) is 2.18. The average Bonchev–Trinajstić information content (AvgIpc) is 2.60. The van der Waals surface area contributed by atoms with Crippen LogP contribution in [0, 0.1) is 13.8 Å². The molecule has 6 nitrogen and oxygen atoms in total. The summed E-state index contributed by atoms with van der Waals surface area (Å²) in [7, 11) is 0. The molecule has 2 aromatic carbocycles. The zero-order chi connectivity index (χ0) is 19.1. The summed E-state index contributed by atoms with van der Waals surface area (Å²) in [5.41, 5.74) is 4.01. The van der Waals surface area contributed by atoms with Crippen LogP contribution in [0.3, 0.4) is 0 Å². The number of aryl methyl sites for hydroxylation is 2. The molecule has 0 bridgehead atoms. The van der Waals surface area contributed by atoms with Gasteiger partial charge >= 0.3 is 0 Å². The largest absolute Gasteiger partial charge is 0.271 e. The van der Waals surface area contributed by atoms with E-state index in [0.29, 0.717) is 0 Å². The second kappa shape index (κ2) is 9.12. The van der Waals surface area contributed by atoms with Crippen molar-refractivity contribution in [2.75, 3.05) is 0 Å². The van der Waals surface area contributed by atoms with Crippen molar-refractivity contribution in [1.82, 2.24) is 10.3 Å². The lowest BCUT2D eigenvalue weighted by atomic mass is 10.2. The Bertz CT molecular complexity index is 676. The summed E-state index contributed by atoms with van der Waals surface area (Å²) in [4.78, 5) is 34.9. The topological polar surface area (TPSA) is 59.1 Å². The van der Waals surface area contributed by atoms with Gasteiger partial charge in [0, 0.05) is 13.8 Å². The Kier molecular flexibility index (Phi) is 6.89. The molecule has 138 valence electrons. The Morgan fingerprint density at radius 3 is 1.27 bits per heavy atom. The maximum absolute atomic E-state index is 11.9. The van der Waals surface area contributed by atoms with Crippen molar-refractivity contribution in [2.45, 2.75) is 40.9 Å². The molecular formula is C20H24N2O4. The Labute approximate surface area is 153 Å². The lowest BCUT2D eigenvalue weighted by molar-refractivity contribution is -0.369. The number of hydrogen-bond acceptors (Lipinski definition) is 4. The summed E-state index contributed by atoms with van der Waals surface area (Å²) < 4.78 is 0. The van der Waals surface area contributed by atoms with Gasteiger partial charge in [-0.25, -0.2) is 9.68 Å². The van der Waals surface area contributed by atoms with Gasteiger partial charge in [-0.3, -0.25) is 9.59 Å². The van der Waals surface area contributed by atoms with Crippen LogP contribution < -0.4 is 0 Å². The molecule has 0 radical (unpaired) electrons. The number of hydrogen-bond donors (Lipinski definition) is 0. The van der Waals surface area contributed by atoms with E-state index in [2.05, 4.69) is 0 Å². The molecule has 0 heterocycles. The molecule has 2 aromatic rings. The summed E-state index contributed by atoms with van der Waals surface area (Å²) in [6.45, 7) is 6.86. The minimum atomic E-state index is -0.462. The molecule has 0 atom stereocenters. The Balaban J connectivity index is 2.04. The maximum atomic E-state index is 11.9. The first-order valence-electron chi connectivity index (χ1n) is 8.35. The number of carbonyl (C=O) groups is 2. The normalized spacial score (nSPS) is 10.5. The fourth-order valence-electron chi connectivity index (χ4n) is 2.18. The molecule has 0 aliphatic carbocycles. The predicted octanol–water partition coefficient (Wildman–Crippen LogP) is 3.48. The van der Waals surface area contributed by atoms with Crippen LogP contribution in [-0.2, 0) is 32.5 Å². The van der Waals surface area contributed by atoms with Gasteiger partial charge in [-0.15, -0.1) is 0 Å². The number of nitrogens with zero attached hydrogens (tertiary/aromatic N) is 2. The first-order valence-corrected chi connectivity index (χ1v) is 8.35. The SMILES string of the molecule is CC(=O)N(OCc1ccc(C)cc1)N(OCc1ccc(C)cc1)C(C)=O. The van der Waals surface area contributed by atoms with Gasteiger partial charge in [0.1, 0.15) is 13.2 Å². The zero-order valence-corrected chi connectivity index (χ0v) is 15.6. The van der Waals surface area contributed by atoms with E-state index >= 15 is 0 Å². The second-order valence-corrected chi connectivity index (χ2v) is 6.10. The first kappa shape index (κ1) is 19.6. The van der Waals surface area contributed by atoms with Crippen molar-refractivity contribution in [3.8, 4) is 0 Å². The molecule has 0 fully saturated rings. The molecule has 2 rings (SSSR count). The molecule has 26 heavy (non-hydrogen) atoms. The number of rotatable bonds is 6. The van der Waals surface area contributed by atoms with Crippen molar-refractivity contribution in [1.29, 1.82) is 0 Å². The highest BCUT2D eigenvalue weighted by Crippen LogP contribution is 2.12. The average molecular weight is 356 g/mol. The van der Waals surface area contributed by atoms with E-state index in [0.717, 1.165) is 32.6 Å². The van der Waals surface area contributed by atoms with Crippen LogP contribution in [0.25, 0.3) is 0 Å². The van der Waals surface area contributed by atoms with Crippen LogP contribution in [0.1, 0.15) is 36.1 Å². The van der Waals surface area contributed by atoms with Gasteiger partial charge in [-0.05, 0) is 25.0 Å². The van der Waals surface area contributed by atoms with Gasteiger partial charge in [0.25, 0.3) is 11.8 Å². The van der Waals surface area contributed by atoms with Gasteiger partial charge in [0.2, 0.25) is 0 Å². The summed E-state index contributed by atoms with van der Waals surface area (Å²) in [6, 6.07) is 15.4. The lowest BCUT2D eigenvalue weighted by Gasteiger charge is -2.30. The Hall–Kier alpha value is -2.70. The zero-order valence-electron chi connectivity index (χ0n) is 15.6. The predicted molar refractivity (Wildman–Crippen MR) is 97.0 cm³/mol. The highest BCUT2D eigenvalue weighted by molar-refractivity contribution is 5.77. The Morgan fingerprint density at radius 1 is 0.692 bits per heavy atom. The number of hydrazine groups is 1. The van der Waals surface area contributed by atoms with E-state index in [9.17, 15) is 9.59 Å². The standard InChI is InChI=1S/C20H24N2O4/c1-15-5-9-19(10-6-15)13-25-21(17(3)23)22(18(4)24)26-14-20-11-7-16(2)8-12-20/h5-12H,13-14H2,1-4H3. The number of carbonyl (C=O) groups excluding carboxylic acids is 2.